The zero-order valence-electron chi connectivity index (χ0n) is 13.0. The molecular formula is C16H26N2S2. The molecule has 20 heavy (non-hydrogen) atoms. The molecule has 1 aliphatic heterocycles. The van der Waals surface area contributed by atoms with E-state index in [1.165, 1.54) is 42.1 Å². The minimum atomic E-state index is 0.123. The highest BCUT2D eigenvalue weighted by atomic mass is 32.2. The number of hydrogen-bond donors (Lipinski definition) is 1. The van der Waals surface area contributed by atoms with E-state index in [9.17, 15) is 0 Å². The van der Waals surface area contributed by atoms with Gasteiger partial charge in [0.05, 0.1) is 11.2 Å². The zero-order chi connectivity index (χ0) is 14.4. The van der Waals surface area contributed by atoms with Gasteiger partial charge < -0.3 is 5.32 Å². The Morgan fingerprint density at radius 2 is 2.10 bits per heavy atom. The molecule has 2 fully saturated rings. The SMILES string of the molecule is CC1SCCCC1(NC1CC1)c1nc(C(C)(C)C)cs1. The summed E-state index contributed by atoms with van der Waals surface area (Å²) in [5, 5.41) is 8.19. The van der Waals surface area contributed by atoms with Crippen LogP contribution in [-0.4, -0.2) is 22.0 Å². The van der Waals surface area contributed by atoms with Crippen molar-refractivity contribution in [2.45, 2.75) is 75.6 Å². The van der Waals surface area contributed by atoms with Crippen molar-refractivity contribution in [3.05, 3.63) is 16.1 Å². The minimum absolute atomic E-state index is 0.123. The summed E-state index contributed by atoms with van der Waals surface area (Å²) in [4.78, 5) is 5.05. The Morgan fingerprint density at radius 1 is 1.35 bits per heavy atom. The molecule has 112 valence electrons. The van der Waals surface area contributed by atoms with E-state index in [1.54, 1.807) is 0 Å². The van der Waals surface area contributed by atoms with Crippen molar-refractivity contribution in [1.29, 1.82) is 0 Å². The first kappa shape index (κ1) is 14.9. The Labute approximate surface area is 131 Å². The van der Waals surface area contributed by atoms with Crippen molar-refractivity contribution in [3.63, 3.8) is 0 Å². The van der Waals surface area contributed by atoms with Gasteiger partial charge >= 0.3 is 0 Å². The van der Waals surface area contributed by atoms with Gasteiger partial charge in [-0.05, 0) is 31.4 Å². The Morgan fingerprint density at radius 3 is 2.65 bits per heavy atom. The molecule has 0 radical (unpaired) electrons. The molecule has 0 spiro atoms. The van der Waals surface area contributed by atoms with Gasteiger partial charge in [0.25, 0.3) is 0 Å². The first-order valence-corrected chi connectivity index (χ1v) is 9.70. The van der Waals surface area contributed by atoms with Crippen LogP contribution in [0.1, 0.15) is 64.1 Å². The molecule has 0 bridgehead atoms. The number of rotatable bonds is 3. The molecule has 1 N–H and O–H groups in total. The van der Waals surface area contributed by atoms with Crippen LogP contribution in [0.2, 0.25) is 0 Å². The first-order chi connectivity index (χ1) is 9.42. The van der Waals surface area contributed by atoms with E-state index in [-0.39, 0.29) is 11.0 Å². The van der Waals surface area contributed by atoms with Gasteiger partial charge in [-0.2, -0.15) is 11.8 Å². The van der Waals surface area contributed by atoms with Gasteiger partial charge in [-0.15, -0.1) is 11.3 Å². The molecule has 1 aliphatic carbocycles. The maximum atomic E-state index is 5.05. The van der Waals surface area contributed by atoms with Gasteiger partial charge in [0.1, 0.15) is 5.01 Å². The number of nitrogens with one attached hydrogen (secondary N) is 1. The molecule has 3 rings (SSSR count). The Hall–Kier alpha value is -0.0600. The molecule has 2 atom stereocenters. The number of hydrogen-bond acceptors (Lipinski definition) is 4. The van der Waals surface area contributed by atoms with E-state index >= 15 is 0 Å². The van der Waals surface area contributed by atoms with Gasteiger partial charge in [0, 0.05) is 22.1 Å². The highest BCUT2D eigenvalue weighted by Crippen LogP contribution is 2.45. The third-order valence-corrected chi connectivity index (χ3v) is 6.92. The van der Waals surface area contributed by atoms with Crippen LogP contribution in [0.4, 0.5) is 0 Å². The fraction of sp³-hybridized carbons (Fsp3) is 0.812. The predicted molar refractivity (Wildman–Crippen MR) is 89.8 cm³/mol. The number of thiazole rings is 1. The van der Waals surface area contributed by atoms with Crippen molar-refractivity contribution < 1.29 is 0 Å². The van der Waals surface area contributed by atoms with Crippen LogP contribution in [0.3, 0.4) is 0 Å². The van der Waals surface area contributed by atoms with Crippen LogP contribution in [0.5, 0.6) is 0 Å². The summed E-state index contributed by atoms with van der Waals surface area (Å²) >= 11 is 3.98. The smallest absolute Gasteiger partial charge is 0.114 e. The Balaban J connectivity index is 1.93. The van der Waals surface area contributed by atoms with E-state index in [1.807, 2.05) is 11.3 Å². The second-order valence-electron chi connectivity index (χ2n) is 7.29. The van der Waals surface area contributed by atoms with Crippen molar-refractivity contribution >= 4 is 23.1 Å². The molecule has 1 aromatic heterocycles. The monoisotopic (exact) mass is 310 g/mol. The molecular weight excluding hydrogens is 284 g/mol. The highest BCUT2D eigenvalue weighted by Gasteiger charge is 2.46. The third kappa shape index (κ3) is 2.79. The average Bonchev–Trinajstić information content (AvgIpc) is 3.03. The molecule has 2 nitrogen and oxygen atoms in total. The number of nitrogens with zero attached hydrogens (tertiary/aromatic N) is 1. The van der Waals surface area contributed by atoms with Crippen LogP contribution in [-0.2, 0) is 11.0 Å². The molecule has 0 amide bonds. The summed E-state index contributed by atoms with van der Waals surface area (Å²) in [6, 6.07) is 0.734. The van der Waals surface area contributed by atoms with E-state index in [4.69, 9.17) is 4.98 Å². The Kier molecular flexibility index (Phi) is 3.93. The van der Waals surface area contributed by atoms with Crippen LogP contribution in [0.15, 0.2) is 5.38 Å². The maximum Gasteiger partial charge on any atom is 0.114 e. The average molecular weight is 311 g/mol. The van der Waals surface area contributed by atoms with Crippen LogP contribution in [0, 0.1) is 0 Å². The lowest BCUT2D eigenvalue weighted by atomic mass is 9.89. The van der Waals surface area contributed by atoms with E-state index in [2.05, 4.69) is 50.2 Å². The zero-order valence-corrected chi connectivity index (χ0v) is 14.7. The molecule has 1 saturated heterocycles. The summed E-state index contributed by atoms with van der Waals surface area (Å²) in [6.07, 6.45) is 5.24. The van der Waals surface area contributed by atoms with Crippen LogP contribution >= 0.6 is 23.1 Å². The molecule has 4 heteroatoms. The summed E-state index contributed by atoms with van der Waals surface area (Å²) in [5.41, 5.74) is 1.52. The number of aromatic nitrogens is 1. The summed E-state index contributed by atoms with van der Waals surface area (Å²) < 4.78 is 0. The molecule has 2 heterocycles. The lowest BCUT2D eigenvalue weighted by molar-refractivity contribution is 0.290. The van der Waals surface area contributed by atoms with Crippen molar-refractivity contribution in [2.24, 2.45) is 0 Å². The molecule has 1 aromatic rings. The normalized spacial score (nSPS) is 31.5. The summed E-state index contributed by atoms with van der Waals surface area (Å²) in [6.45, 7) is 9.15. The maximum absolute atomic E-state index is 5.05. The second kappa shape index (κ2) is 5.29. The Bertz CT molecular complexity index is 473. The standard InChI is InChI=1S/C16H26N2S2/c1-11-16(8-5-9-19-11,18-12-6-7-12)14-17-13(10-20-14)15(2,3)4/h10-12,18H,5-9H2,1-4H3. The fourth-order valence-corrected chi connectivity index (χ4v) is 5.55. The van der Waals surface area contributed by atoms with Gasteiger partial charge in [-0.25, -0.2) is 4.98 Å². The van der Waals surface area contributed by atoms with Gasteiger partial charge in [-0.1, -0.05) is 27.7 Å². The summed E-state index contributed by atoms with van der Waals surface area (Å²) in [7, 11) is 0. The largest absolute Gasteiger partial charge is 0.302 e. The van der Waals surface area contributed by atoms with E-state index in [0.717, 1.165) is 6.04 Å². The van der Waals surface area contributed by atoms with E-state index < -0.39 is 0 Å². The van der Waals surface area contributed by atoms with Gasteiger partial charge in [-0.3, -0.25) is 0 Å². The highest BCUT2D eigenvalue weighted by molar-refractivity contribution is 8.00. The van der Waals surface area contributed by atoms with Crippen LogP contribution < -0.4 is 5.32 Å². The fourth-order valence-electron chi connectivity index (χ4n) is 2.90. The molecule has 2 unspecified atom stereocenters. The minimum Gasteiger partial charge on any atom is -0.302 e. The van der Waals surface area contributed by atoms with Crippen molar-refractivity contribution in [3.8, 4) is 0 Å². The second-order valence-corrected chi connectivity index (χ2v) is 9.60. The lowest BCUT2D eigenvalue weighted by Crippen LogP contribution is -2.52. The topological polar surface area (TPSA) is 24.9 Å². The van der Waals surface area contributed by atoms with Crippen LogP contribution in [0.25, 0.3) is 0 Å². The molecule has 2 aliphatic rings. The quantitative estimate of drug-likeness (QED) is 0.901. The first-order valence-electron chi connectivity index (χ1n) is 7.77. The van der Waals surface area contributed by atoms with Crippen molar-refractivity contribution in [1.82, 2.24) is 10.3 Å². The molecule has 0 aromatic carbocycles. The van der Waals surface area contributed by atoms with Gasteiger partial charge in [0.2, 0.25) is 0 Å². The van der Waals surface area contributed by atoms with E-state index in [0.29, 0.717) is 5.25 Å². The molecule has 1 saturated carbocycles. The summed E-state index contributed by atoms with van der Waals surface area (Å²) in [5.74, 6) is 1.30. The van der Waals surface area contributed by atoms with Crippen molar-refractivity contribution in [2.75, 3.05) is 5.75 Å². The van der Waals surface area contributed by atoms with Gasteiger partial charge in [0.15, 0.2) is 0 Å². The third-order valence-electron chi connectivity index (χ3n) is 4.47. The predicted octanol–water partition coefficient (Wildman–Crippen LogP) is 4.30. The number of thioether (sulfide) groups is 1. The lowest BCUT2D eigenvalue weighted by Gasteiger charge is -2.42.